The van der Waals surface area contributed by atoms with Crippen LogP contribution in [0.4, 0.5) is 4.39 Å². The molecular formula is C16H17FN4. The first kappa shape index (κ1) is 13.7. The molecule has 4 nitrogen and oxygen atoms in total. The average Bonchev–Trinajstić information content (AvgIpc) is 2.86. The van der Waals surface area contributed by atoms with Crippen LogP contribution in [0.3, 0.4) is 0 Å². The van der Waals surface area contributed by atoms with Crippen LogP contribution in [-0.4, -0.2) is 14.5 Å². The summed E-state index contributed by atoms with van der Waals surface area (Å²) in [6, 6.07) is 7.61. The summed E-state index contributed by atoms with van der Waals surface area (Å²) in [5, 5.41) is 0. The van der Waals surface area contributed by atoms with Gasteiger partial charge in [0.05, 0.1) is 22.8 Å². The number of hydrogen-bond donors (Lipinski definition) is 1. The predicted octanol–water partition coefficient (Wildman–Crippen LogP) is 3.11. The summed E-state index contributed by atoms with van der Waals surface area (Å²) in [5.41, 5.74) is 9.02. The van der Waals surface area contributed by atoms with Gasteiger partial charge in [0.1, 0.15) is 5.82 Å². The Morgan fingerprint density at radius 3 is 2.86 bits per heavy atom. The number of benzene rings is 1. The SMILES string of the molecule is CCCn1c(-c2ccncc2F)nc2cc(CN)ccc21. The summed E-state index contributed by atoms with van der Waals surface area (Å²) < 4.78 is 16.1. The first-order valence-corrected chi connectivity index (χ1v) is 7.03. The standard InChI is InChI=1S/C16H17FN4/c1-2-7-21-15-4-3-11(9-18)8-14(15)20-16(21)12-5-6-19-10-13(12)17/h3-6,8,10H,2,7,9,18H2,1H3. The summed E-state index contributed by atoms with van der Waals surface area (Å²) in [6.07, 6.45) is 3.75. The second kappa shape index (κ2) is 5.61. The van der Waals surface area contributed by atoms with E-state index in [1.165, 1.54) is 6.20 Å². The van der Waals surface area contributed by atoms with E-state index in [0.29, 0.717) is 17.9 Å². The minimum absolute atomic E-state index is 0.357. The molecule has 3 aromatic rings. The summed E-state index contributed by atoms with van der Waals surface area (Å²) in [6.45, 7) is 3.35. The molecule has 21 heavy (non-hydrogen) atoms. The van der Waals surface area contributed by atoms with Crippen molar-refractivity contribution >= 4 is 11.0 Å². The van der Waals surface area contributed by atoms with Crippen molar-refractivity contribution < 1.29 is 4.39 Å². The quantitative estimate of drug-likeness (QED) is 0.801. The van der Waals surface area contributed by atoms with Crippen molar-refractivity contribution in [3.8, 4) is 11.4 Å². The monoisotopic (exact) mass is 284 g/mol. The van der Waals surface area contributed by atoms with E-state index in [4.69, 9.17) is 5.73 Å². The number of halogens is 1. The summed E-state index contributed by atoms with van der Waals surface area (Å²) in [7, 11) is 0. The fourth-order valence-corrected chi connectivity index (χ4v) is 2.51. The summed E-state index contributed by atoms with van der Waals surface area (Å²) in [5.74, 6) is 0.283. The maximum absolute atomic E-state index is 14.0. The van der Waals surface area contributed by atoms with Crippen LogP contribution in [-0.2, 0) is 13.1 Å². The third kappa shape index (κ3) is 2.40. The molecule has 1 aromatic carbocycles. The second-order valence-electron chi connectivity index (χ2n) is 4.97. The molecule has 0 spiro atoms. The van der Waals surface area contributed by atoms with Gasteiger partial charge in [-0.1, -0.05) is 13.0 Å². The molecule has 2 N–H and O–H groups in total. The van der Waals surface area contributed by atoms with Crippen LogP contribution < -0.4 is 5.73 Å². The molecule has 0 atom stereocenters. The maximum atomic E-state index is 14.0. The lowest BCUT2D eigenvalue weighted by molar-refractivity contribution is 0.619. The van der Waals surface area contributed by atoms with E-state index in [2.05, 4.69) is 16.9 Å². The first-order chi connectivity index (χ1) is 10.2. The molecule has 3 rings (SSSR count). The molecule has 2 heterocycles. The molecule has 0 fully saturated rings. The Morgan fingerprint density at radius 1 is 1.29 bits per heavy atom. The van der Waals surface area contributed by atoms with E-state index in [9.17, 15) is 4.39 Å². The van der Waals surface area contributed by atoms with Crippen LogP contribution in [0.2, 0.25) is 0 Å². The Morgan fingerprint density at radius 2 is 2.14 bits per heavy atom. The maximum Gasteiger partial charge on any atom is 0.152 e. The van der Waals surface area contributed by atoms with Crippen molar-refractivity contribution in [1.29, 1.82) is 0 Å². The van der Waals surface area contributed by atoms with Crippen LogP contribution >= 0.6 is 0 Å². The van der Waals surface area contributed by atoms with Crippen molar-refractivity contribution in [2.24, 2.45) is 5.73 Å². The van der Waals surface area contributed by atoms with Crippen molar-refractivity contribution in [2.45, 2.75) is 26.4 Å². The number of nitrogens with two attached hydrogens (primary N) is 1. The van der Waals surface area contributed by atoms with Crippen LogP contribution in [0.1, 0.15) is 18.9 Å². The van der Waals surface area contributed by atoms with Crippen molar-refractivity contribution in [3.63, 3.8) is 0 Å². The Kier molecular flexibility index (Phi) is 3.66. The van der Waals surface area contributed by atoms with Crippen LogP contribution in [0.5, 0.6) is 0 Å². The van der Waals surface area contributed by atoms with Gasteiger partial charge in [-0.2, -0.15) is 0 Å². The zero-order chi connectivity index (χ0) is 14.8. The fraction of sp³-hybridized carbons (Fsp3) is 0.250. The topological polar surface area (TPSA) is 56.7 Å². The molecule has 0 unspecified atom stereocenters. The third-order valence-corrected chi connectivity index (χ3v) is 3.51. The van der Waals surface area contributed by atoms with Crippen molar-refractivity contribution in [2.75, 3.05) is 0 Å². The van der Waals surface area contributed by atoms with Gasteiger partial charge in [0.25, 0.3) is 0 Å². The lowest BCUT2D eigenvalue weighted by Crippen LogP contribution is -2.01. The molecule has 5 heteroatoms. The Hall–Kier alpha value is -2.27. The highest BCUT2D eigenvalue weighted by Crippen LogP contribution is 2.27. The fourth-order valence-electron chi connectivity index (χ4n) is 2.51. The number of imidazole rings is 1. The zero-order valence-corrected chi connectivity index (χ0v) is 11.9. The Balaban J connectivity index is 2.26. The molecule has 2 aromatic heterocycles. The molecule has 0 amide bonds. The number of hydrogen-bond acceptors (Lipinski definition) is 3. The van der Waals surface area contributed by atoms with Gasteiger partial charge >= 0.3 is 0 Å². The Labute approximate surface area is 122 Å². The average molecular weight is 284 g/mol. The van der Waals surface area contributed by atoms with E-state index in [1.54, 1.807) is 12.3 Å². The Bertz CT molecular complexity index is 779. The van der Waals surface area contributed by atoms with Crippen molar-refractivity contribution in [1.82, 2.24) is 14.5 Å². The second-order valence-corrected chi connectivity index (χ2v) is 4.97. The largest absolute Gasteiger partial charge is 0.326 e. The number of pyridine rings is 1. The highest BCUT2D eigenvalue weighted by Gasteiger charge is 2.15. The van der Waals surface area contributed by atoms with Gasteiger partial charge in [-0.15, -0.1) is 0 Å². The number of rotatable bonds is 4. The minimum Gasteiger partial charge on any atom is -0.326 e. The van der Waals surface area contributed by atoms with Gasteiger partial charge in [-0.05, 0) is 30.2 Å². The predicted molar refractivity (Wildman–Crippen MR) is 81.1 cm³/mol. The molecule has 0 radical (unpaired) electrons. The molecule has 108 valence electrons. The number of aryl methyl sites for hydroxylation is 1. The molecule has 0 bridgehead atoms. The molecule has 0 aliphatic rings. The van der Waals surface area contributed by atoms with E-state index in [1.807, 2.05) is 22.8 Å². The lowest BCUT2D eigenvalue weighted by atomic mass is 10.2. The van der Waals surface area contributed by atoms with Crippen LogP contribution in [0.25, 0.3) is 22.4 Å². The van der Waals surface area contributed by atoms with Gasteiger partial charge in [-0.3, -0.25) is 4.98 Å². The van der Waals surface area contributed by atoms with Crippen molar-refractivity contribution in [3.05, 3.63) is 48.0 Å². The van der Waals surface area contributed by atoms with Gasteiger partial charge in [0, 0.05) is 19.3 Å². The smallest absolute Gasteiger partial charge is 0.152 e. The number of aromatic nitrogens is 3. The van der Waals surface area contributed by atoms with E-state index in [-0.39, 0.29) is 5.82 Å². The van der Waals surface area contributed by atoms with Gasteiger partial charge in [0.2, 0.25) is 0 Å². The van der Waals surface area contributed by atoms with Gasteiger partial charge < -0.3 is 10.3 Å². The molecule has 0 aliphatic heterocycles. The molecule has 0 saturated heterocycles. The molecule has 0 saturated carbocycles. The minimum atomic E-state index is -0.357. The van der Waals surface area contributed by atoms with Crippen LogP contribution in [0.15, 0.2) is 36.7 Å². The highest BCUT2D eigenvalue weighted by atomic mass is 19.1. The normalized spacial score (nSPS) is 11.2. The number of fused-ring (bicyclic) bond motifs is 1. The van der Waals surface area contributed by atoms with Gasteiger partial charge in [-0.25, -0.2) is 9.37 Å². The van der Waals surface area contributed by atoms with E-state index in [0.717, 1.165) is 29.6 Å². The van der Waals surface area contributed by atoms with Gasteiger partial charge in [0.15, 0.2) is 5.82 Å². The van der Waals surface area contributed by atoms with Crippen LogP contribution in [0, 0.1) is 5.82 Å². The third-order valence-electron chi connectivity index (χ3n) is 3.51. The highest BCUT2D eigenvalue weighted by molar-refractivity contribution is 5.81. The summed E-state index contributed by atoms with van der Waals surface area (Å²) >= 11 is 0. The van der Waals surface area contributed by atoms with E-state index >= 15 is 0 Å². The number of nitrogens with zero attached hydrogens (tertiary/aromatic N) is 3. The summed E-state index contributed by atoms with van der Waals surface area (Å²) in [4.78, 5) is 8.41. The zero-order valence-electron chi connectivity index (χ0n) is 11.9. The first-order valence-electron chi connectivity index (χ1n) is 7.03. The van der Waals surface area contributed by atoms with E-state index < -0.39 is 0 Å². The molecular weight excluding hydrogens is 267 g/mol. The molecule has 0 aliphatic carbocycles. The lowest BCUT2D eigenvalue weighted by Gasteiger charge is -2.08.